The van der Waals surface area contributed by atoms with Gasteiger partial charge in [-0.1, -0.05) is 0 Å². The summed E-state index contributed by atoms with van der Waals surface area (Å²) in [6.45, 7) is 1.69. The summed E-state index contributed by atoms with van der Waals surface area (Å²) in [5.74, 6) is 0.222. The normalized spacial score (nSPS) is 9.82. The minimum Gasteiger partial charge on any atom is -0.450 e. The maximum atomic E-state index is 11.0. The topological polar surface area (TPSA) is 119 Å². The van der Waals surface area contributed by atoms with E-state index >= 15 is 0 Å². The number of nitro groups is 2. The van der Waals surface area contributed by atoms with Gasteiger partial charge in [0, 0.05) is 6.07 Å². The van der Waals surface area contributed by atoms with E-state index < -0.39 is 21.2 Å². The van der Waals surface area contributed by atoms with Gasteiger partial charge in [-0.2, -0.15) is 5.26 Å². The van der Waals surface area contributed by atoms with Gasteiger partial charge in [0.2, 0.25) is 5.75 Å². The Hall–Kier alpha value is -3.47. The average molecular weight is 299 g/mol. The van der Waals surface area contributed by atoms with Crippen molar-refractivity contribution in [1.29, 1.82) is 5.26 Å². The minimum atomic E-state index is -0.749. The lowest BCUT2D eigenvalue weighted by Gasteiger charge is -2.09. The molecule has 0 saturated carbocycles. The number of benzene rings is 2. The van der Waals surface area contributed by atoms with Gasteiger partial charge < -0.3 is 4.74 Å². The molecule has 110 valence electrons. The Balaban J connectivity index is 2.43. The third kappa shape index (κ3) is 2.99. The van der Waals surface area contributed by atoms with Crippen LogP contribution >= 0.6 is 0 Å². The van der Waals surface area contributed by atoms with Crippen LogP contribution in [0.5, 0.6) is 11.5 Å². The van der Waals surface area contributed by atoms with Crippen LogP contribution in [0.3, 0.4) is 0 Å². The molecule has 0 N–H and O–H groups in total. The summed E-state index contributed by atoms with van der Waals surface area (Å²) >= 11 is 0. The average Bonchev–Trinajstić information content (AvgIpc) is 2.49. The number of nitriles is 1. The lowest BCUT2D eigenvalue weighted by molar-refractivity contribution is -0.394. The Morgan fingerprint density at radius 1 is 1.05 bits per heavy atom. The quantitative estimate of drug-likeness (QED) is 0.629. The monoisotopic (exact) mass is 299 g/mol. The Labute approximate surface area is 124 Å². The van der Waals surface area contributed by atoms with Gasteiger partial charge in [0.15, 0.2) is 0 Å². The summed E-state index contributed by atoms with van der Waals surface area (Å²) in [6, 6.07) is 9.71. The highest BCUT2D eigenvalue weighted by atomic mass is 16.6. The van der Waals surface area contributed by atoms with Gasteiger partial charge in [0.25, 0.3) is 5.69 Å². The van der Waals surface area contributed by atoms with Crippen molar-refractivity contribution in [2.75, 3.05) is 0 Å². The van der Waals surface area contributed by atoms with Crippen LogP contribution in [0.25, 0.3) is 0 Å². The van der Waals surface area contributed by atoms with Crippen LogP contribution in [-0.2, 0) is 0 Å². The number of hydrogen-bond donors (Lipinski definition) is 0. The van der Waals surface area contributed by atoms with Crippen molar-refractivity contribution in [3.05, 3.63) is 67.8 Å². The Bertz CT molecular complexity index is 811. The SMILES string of the molecule is Cc1cc(C#N)ccc1Oc1ccc([N+](=O)[O-])cc1[N+](=O)[O-]. The van der Waals surface area contributed by atoms with Crippen molar-refractivity contribution in [1.82, 2.24) is 0 Å². The molecule has 0 aliphatic carbocycles. The number of nitrogens with zero attached hydrogens (tertiary/aromatic N) is 3. The minimum absolute atomic E-state index is 0.108. The second-order valence-electron chi connectivity index (χ2n) is 4.36. The fourth-order valence-electron chi connectivity index (χ4n) is 1.80. The van der Waals surface area contributed by atoms with Gasteiger partial charge in [-0.15, -0.1) is 0 Å². The predicted octanol–water partition coefficient (Wildman–Crippen LogP) is 3.48. The molecule has 2 aromatic rings. The van der Waals surface area contributed by atoms with E-state index in [2.05, 4.69) is 0 Å². The summed E-state index contributed by atoms with van der Waals surface area (Å²) < 4.78 is 5.46. The zero-order chi connectivity index (χ0) is 16.3. The van der Waals surface area contributed by atoms with E-state index in [0.29, 0.717) is 16.9 Å². The first kappa shape index (κ1) is 14.9. The van der Waals surface area contributed by atoms with E-state index in [9.17, 15) is 20.2 Å². The molecule has 0 unspecified atom stereocenters. The molecule has 2 aromatic carbocycles. The van der Waals surface area contributed by atoms with Crippen molar-refractivity contribution < 1.29 is 14.6 Å². The van der Waals surface area contributed by atoms with Crippen molar-refractivity contribution in [2.24, 2.45) is 0 Å². The second kappa shape index (κ2) is 5.88. The van der Waals surface area contributed by atoms with Crippen LogP contribution in [0.15, 0.2) is 36.4 Å². The highest BCUT2D eigenvalue weighted by molar-refractivity contribution is 5.55. The standard InChI is InChI=1S/C14H9N3O5/c1-9-6-10(8-15)2-4-13(9)22-14-5-3-11(16(18)19)7-12(14)17(20)21/h2-7H,1H3. The second-order valence-corrected chi connectivity index (χ2v) is 4.36. The van der Waals surface area contributed by atoms with E-state index in [0.717, 1.165) is 12.1 Å². The molecule has 0 aliphatic heterocycles. The van der Waals surface area contributed by atoms with Crippen molar-refractivity contribution in [3.8, 4) is 17.6 Å². The summed E-state index contributed by atoms with van der Waals surface area (Å²) in [7, 11) is 0. The van der Waals surface area contributed by atoms with E-state index in [1.165, 1.54) is 18.2 Å². The molecule has 0 bridgehead atoms. The van der Waals surface area contributed by atoms with E-state index in [1.54, 1.807) is 13.0 Å². The molecule has 0 aromatic heterocycles. The Morgan fingerprint density at radius 3 is 2.27 bits per heavy atom. The van der Waals surface area contributed by atoms with Crippen molar-refractivity contribution in [3.63, 3.8) is 0 Å². The molecule has 0 atom stereocenters. The number of ether oxygens (including phenoxy) is 1. The third-order valence-corrected chi connectivity index (χ3v) is 2.87. The van der Waals surface area contributed by atoms with Crippen LogP contribution in [0.2, 0.25) is 0 Å². The third-order valence-electron chi connectivity index (χ3n) is 2.87. The van der Waals surface area contributed by atoms with Gasteiger partial charge in [-0.3, -0.25) is 20.2 Å². The molecule has 0 spiro atoms. The molecule has 0 heterocycles. The molecular weight excluding hydrogens is 290 g/mol. The van der Waals surface area contributed by atoms with Gasteiger partial charge in [-0.25, -0.2) is 0 Å². The van der Waals surface area contributed by atoms with Crippen LogP contribution in [0.4, 0.5) is 11.4 Å². The highest BCUT2D eigenvalue weighted by Crippen LogP contribution is 2.35. The largest absolute Gasteiger partial charge is 0.450 e. The van der Waals surface area contributed by atoms with Gasteiger partial charge in [0.1, 0.15) is 5.75 Å². The number of aryl methyl sites for hydroxylation is 1. The number of hydrogen-bond acceptors (Lipinski definition) is 6. The number of rotatable bonds is 4. The molecule has 0 fully saturated rings. The fourth-order valence-corrected chi connectivity index (χ4v) is 1.80. The molecule has 0 amide bonds. The molecule has 8 heteroatoms. The molecule has 8 nitrogen and oxygen atoms in total. The lowest BCUT2D eigenvalue weighted by atomic mass is 10.1. The zero-order valence-electron chi connectivity index (χ0n) is 11.3. The lowest BCUT2D eigenvalue weighted by Crippen LogP contribution is -1.97. The first-order valence-electron chi connectivity index (χ1n) is 6.04. The predicted molar refractivity (Wildman–Crippen MR) is 75.7 cm³/mol. The summed E-state index contributed by atoms with van der Waals surface area (Å²) in [5.41, 5.74) is 0.156. The molecule has 2 rings (SSSR count). The van der Waals surface area contributed by atoms with Crippen LogP contribution < -0.4 is 4.74 Å². The van der Waals surface area contributed by atoms with Gasteiger partial charge >= 0.3 is 5.69 Å². The maximum Gasteiger partial charge on any atom is 0.318 e. The Morgan fingerprint density at radius 2 is 1.73 bits per heavy atom. The number of nitro benzene ring substituents is 2. The number of non-ortho nitro benzene ring substituents is 1. The zero-order valence-corrected chi connectivity index (χ0v) is 11.3. The summed E-state index contributed by atoms with van der Waals surface area (Å²) in [4.78, 5) is 20.2. The maximum absolute atomic E-state index is 11.0. The first-order valence-corrected chi connectivity index (χ1v) is 6.04. The smallest absolute Gasteiger partial charge is 0.318 e. The molecule has 0 radical (unpaired) electrons. The van der Waals surface area contributed by atoms with E-state index in [4.69, 9.17) is 10.00 Å². The van der Waals surface area contributed by atoms with E-state index in [-0.39, 0.29) is 5.75 Å². The van der Waals surface area contributed by atoms with E-state index in [1.807, 2.05) is 6.07 Å². The summed E-state index contributed by atoms with van der Waals surface area (Å²) in [6.07, 6.45) is 0. The van der Waals surface area contributed by atoms with Crippen LogP contribution in [0, 0.1) is 38.5 Å². The molecule has 0 aliphatic rings. The molecular formula is C14H9N3O5. The highest BCUT2D eigenvalue weighted by Gasteiger charge is 2.21. The van der Waals surface area contributed by atoms with Crippen LogP contribution in [0.1, 0.15) is 11.1 Å². The van der Waals surface area contributed by atoms with Crippen molar-refractivity contribution >= 4 is 11.4 Å². The van der Waals surface area contributed by atoms with Gasteiger partial charge in [-0.05, 0) is 36.8 Å². The molecule has 0 saturated heterocycles. The molecule has 22 heavy (non-hydrogen) atoms. The van der Waals surface area contributed by atoms with Crippen LogP contribution in [-0.4, -0.2) is 9.85 Å². The first-order chi connectivity index (χ1) is 10.4. The van der Waals surface area contributed by atoms with Gasteiger partial charge in [0.05, 0.1) is 27.5 Å². The Kier molecular flexibility index (Phi) is 3.99. The summed E-state index contributed by atoms with van der Waals surface area (Å²) in [5, 5.41) is 30.5. The fraction of sp³-hybridized carbons (Fsp3) is 0.0714. The van der Waals surface area contributed by atoms with Crippen molar-refractivity contribution in [2.45, 2.75) is 6.92 Å².